The van der Waals surface area contributed by atoms with E-state index in [-0.39, 0.29) is 21.9 Å². The van der Waals surface area contributed by atoms with E-state index in [1.807, 2.05) is 0 Å². The molecule has 0 unspecified atom stereocenters. The van der Waals surface area contributed by atoms with Crippen LogP contribution >= 0.6 is 11.5 Å². The van der Waals surface area contributed by atoms with Crippen LogP contribution in [0.2, 0.25) is 0 Å². The van der Waals surface area contributed by atoms with E-state index in [1.165, 1.54) is 13.2 Å². The van der Waals surface area contributed by atoms with Crippen molar-refractivity contribution in [2.75, 3.05) is 7.11 Å². The number of hydrogen-bond donors (Lipinski definition) is 2. The van der Waals surface area contributed by atoms with Crippen molar-refractivity contribution in [3.05, 3.63) is 6.07 Å². The van der Waals surface area contributed by atoms with E-state index in [2.05, 4.69) is 14.6 Å². The molecule has 2 rings (SSSR count). The fraction of sp³-hybridized carbons (Fsp3) is 0.600. The Hall–Kier alpha value is -1.19. The van der Waals surface area contributed by atoms with Gasteiger partial charge in [0.1, 0.15) is 0 Å². The first-order valence-electron chi connectivity index (χ1n) is 5.85. The lowest BCUT2D eigenvalue weighted by Gasteiger charge is -2.10. The fourth-order valence-electron chi connectivity index (χ4n) is 1.92. The summed E-state index contributed by atoms with van der Waals surface area (Å²) in [6, 6.07) is 1.30. The van der Waals surface area contributed by atoms with Crippen molar-refractivity contribution in [3.8, 4) is 5.88 Å². The average molecular weight is 305 g/mol. The van der Waals surface area contributed by atoms with Crippen molar-refractivity contribution in [3.63, 3.8) is 0 Å². The van der Waals surface area contributed by atoms with E-state index >= 15 is 0 Å². The Morgan fingerprint density at radius 2 is 2.16 bits per heavy atom. The van der Waals surface area contributed by atoms with E-state index in [1.54, 1.807) is 0 Å². The summed E-state index contributed by atoms with van der Waals surface area (Å²) in [5, 5.41) is 0. The van der Waals surface area contributed by atoms with Crippen molar-refractivity contribution in [1.82, 2.24) is 14.6 Å². The van der Waals surface area contributed by atoms with Crippen molar-refractivity contribution < 1.29 is 17.9 Å². The number of hydrogen-bond acceptors (Lipinski definition) is 6. The van der Waals surface area contributed by atoms with Crippen LogP contribution in [0.25, 0.3) is 0 Å². The Kier molecular flexibility index (Phi) is 4.38. The molecule has 7 nitrogen and oxygen atoms in total. The van der Waals surface area contributed by atoms with Gasteiger partial charge in [-0.3, -0.25) is 10.2 Å². The van der Waals surface area contributed by atoms with E-state index in [4.69, 9.17) is 4.74 Å². The maximum Gasteiger partial charge on any atom is 0.268 e. The number of nitrogens with one attached hydrogen (secondary N) is 2. The molecule has 0 saturated heterocycles. The third-order valence-corrected chi connectivity index (χ3v) is 5.44. The summed E-state index contributed by atoms with van der Waals surface area (Å²) < 4.78 is 32.3. The van der Waals surface area contributed by atoms with Crippen LogP contribution in [0, 0.1) is 5.92 Å². The number of aromatic nitrogens is 1. The van der Waals surface area contributed by atoms with Crippen LogP contribution in [0.3, 0.4) is 0 Å². The number of carbonyl (C=O) groups is 1. The van der Waals surface area contributed by atoms with E-state index in [0.29, 0.717) is 0 Å². The molecule has 0 aromatic carbocycles. The third kappa shape index (κ3) is 3.43. The highest BCUT2D eigenvalue weighted by molar-refractivity contribution is 7.91. The van der Waals surface area contributed by atoms with Gasteiger partial charge in [-0.05, 0) is 24.4 Å². The molecule has 106 valence electrons. The molecule has 1 heterocycles. The highest BCUT2D eigenvalue weighted by Gasteiger charge is 2.25. The minimum atomic E-state index is -3.78. The Labute approximate surface area is 115 Å². The van der Waals surface area contributed by atoms with Crippen LogP contribution in [-0.4, -0.2) is 25.8 Å². The number of sulfonamides is 1. The number of methoxy groups -OCH3 is 1. The minimum absolute atomic E-state index is 0.00364. The van der Waals surface area contributed by atoms with E-state index in [0.717, 1.165) is 37.2 Å². The van der Waals surface area contributed by atoms with Gasteiger partial charge >= 0.3 is 0 Å². The molecule has 1 aromatic rings. The Bertz CT molecular complexity index is 549. The van der Waals surface area contributed by atoms with Crippen LogP contribution < -0.4 is 15.0 Å². The Balaban J connectivity index is 1.95. The molecule has 0 bridgehead atoms. The van der Waals surface area contributed by atoms with Crippen molar-refractivity contribution in [2.45, 2.75) is 29.9 Å². The summed E-state index contributed by atoms with van der Waals surface area (Å²) in [5.74, 6) is -0.149. The average Bonchev–Trinajstić information content (AvgIpc) is 3.06. The quantitative estimate of drug-likeness (QED) is 0.779. The molecule has 0 aliphatic heterocycles. The third-order valence-electron chi connectivity index (χ3n) is 2.98. The maximum atomic E-state index is 11.9. The van der Waals surface area contributed by atoms with Crippen molar-refractivity contribution in [1.29, 1.82) is 0 Å². The molecule has 2 N–H and O–H groups in total. The van der Waals surface area contributed by atoms with Gasteiger partial charge in [0.25, 0.3) is 10.0 Å². The van der Waals surface area contributed by atoms with E-state index < -0.39 is 10.0 Å². The molecule has 1 saturated carbocycles. The molecule has 0 atom stereocenters. The minimum Gasteiger partial charge on any atom is -0.480 e. The highest BCUT2D eigenvalue weighted by atomic mass is 32.2. The lowest BCUT2D eigenvalue weighted by molar-refractivity contribution is -0.125. The van der Waals surface area contributed by atoms with Crippen LogP contribution in [0.15, 0.2) is 10.3 Å². The molecule has 1 aliphatic carbocycles. The number of ether oxygens (including phenoxy) is 1. The highest BCUT2D eigenvalue weighted by Crippen LogP contribution is 2.24. The number of hydrazine groups is 1. The topological polar surface area (TPSA) is 97.4 Å². The lowest BCUT2D eigenvalue weighted by Crippen LogP contribution is -2.43. The predicted molar refractivity (Wildman–Crippen MR) is 69.1 cm³/mol. The second kappa shape index (κ2) is 5.85. The zero-order valence-corrected chi connectivity index (χ0v) is 12.0. The maximum absolute atomic E-state index is 11.9. The Morgan fingerprint density at radius 3 is 2.74 bits per heavy atom. The number of nitrogens with zero attached hydrogens (tertiary/aromatic N) is 1. The Morgan fingerprint density at radius 1 is 1.47 bits per heavy atom. The van der Waals surface area contributed by atoms with Gasteiger partial charge in [-0.25, -0.2) is 8.42 Å². The van der Waals surface area contributed by atoms with Crippen molar-refractivity contribution in [2.24, 2.45) is 5.92 Å². The smallest absolute Gasteiger partial charge is 0.268 e. The summed E-state index contributed by atoms with van der Waals surface area (Å²) in [5.41, 5.74) is 2.25. The molecular formula is C10H15N3O4S2. The molecule has 1 fully saturated rings. The van der Waals surface area contributed by atoms with Crippen molar-refractivity contribution >= 4 is 27.5 Å². The van der Waals surface area contributed by atoms with E-state index in [9.17, 15) is 13.2 Å². The van der Waals surface area contributed by atoms with Gasteiger partial charge in [-0.2, -0.15) is 4.37 Å². The first kappa shape index (κ1) is 14.2. The van der Waals surface area contributed by atoms with Crippen LogP contribution in [0.5, 0.6) is 5.88 Å². The van der Waals surface area contributed by atoms with Gasteiger partial charge in [0, 0.05) is 12.0 Å². The normalized spacial score (nSPS) is 16.5. The number of carbonyl (C=O) groups excluding carboxylic acids is 1. The summed E-state index contributed by atoms with van der Waals surface area (Å²) in [7, 11) is -2.38. The summed E-state index contributed by atoms with van der Waals surface area (Å²) in [4.78, 5) is 13.8. The standard InChI is InChI=1S/C10H15N3O4S2/c1-17-8-6-9(18-12-8)19(15,16)13-11-10(14)7-4-2-3-5-7/h6-7,13H,2-5H2,1H3,(H,11,14). The second-order valence-electron chi connectivity index (χ2n) is 4.26. The molecule has 1 amide bonds. The number of rotatable bonds is 5. The molecule has 19 heavy (non-hydrogen) atoms. The summed E-state index contributed by atoms with van der Waals surface area (Å²) in [6.45, 7) is 0. The van der Waals surface area contributed by atoms with Gasteiger partial charge in [0.2, 0.25) is 11.8 Å². The summed E-state index contributed by atoms with van der Waals surface area (Å²) in [6.07, 6.45) is 3.64. The fourth-order valence-corrected chi connectivity index (χ4v) is 3.61. The zero-order valence-electron chi connectivity index (χ0n) is 10.4. The molecule has 0 radical (unpaired) electrons. The first-order valence-corrected chi connectivity index (χ1v) is 8.11. The molecular weight excluding hydrogens is 290 g/mol. The van der Waals surface area contributed by atoms with Gasteiger partial charge in [0.05, 0.1) is 7.11 Å². The van der Waals surface area contributed by atoms with Gasteiger partial charge in [-0.15, -0.1) is 4.83 Å². The lowest BCUT2D eigenvalue weighted by atomic mass is 10.1. The first-order chi connectivity index (χ1) is 9.03. The largest absolute Gasteiger partial charge is 0.480 e. The van der Waals surface area contributed by atoms with Crippen LogP contribution in [-0.2, 0) is 14.8 Å². The zero-order chi connectivity index (χ0) is 13.9. The van der Waals surface area contributed by atoms with Gasteiger partial charge < -0.3 is 4.74 Å². The van der Waals surface area contributed by atoms with Gasteiger partial charge in [0.15, 0.2) is 4.21 Å². The second-order valence-corrected chi connectivity index (χ2v) is 6.98. The van der Waals surface area contributed by atoms with Crippen LogP contribution in [0.4, 0.5) is 0 Å². The molecule has 1 aliphatic rings. The predicted octanol–water partition coefficient (Wildman–Crippen LogP) is 0.651. The van der Waals surface area contributed by atoms with Crippen LogP contribution in [0.1, 0.15) is 25.7 Å². The summed E-state index contributed by atoms with van der Waals surface area (Å²) >= 11 is 0.788. The SMILES string of the molecule is COc1cc(S(=O)(=O)NNC(=O)C2CCCC2)sn1. The molecule has 9 heteroatoms. The molecule has 1 aromatic heterocycles. The van der Waals surface area contributed by atoms with Gasteiger partial charge in [-0.1, -0.05) is 12.8 Å². The number of amides is 1. The molecule has 0 spiro atoms. The monoisotopic (exact) mass is 305 g/mol.